The third-order valence-corrected chi connectivity index (χ3v) is 2.44. The highest BCUT2D eigenvalue weighted by Crippen LogP contribution is 2.14. The summed E-state index contributed by atoms with van der Waals surface area (Å²) in [4.78, 5) is 12.9. The Morgan fingerprint density at radius 2 is 2.06 bits per heavy atom. The molecule has 1 N–H and O–H groups in total. The van der Waals surface area contributed by atoms with Gasteiger partial charge in [0.15, 0.2) is 0 Å². The van der Waals surface area contributed by atoms with Gasteiger partial charge in [-0.25, -0.2) is 4.39 Å². The van der Waals surface area contributed by atoms with Crippen LogP contribution in [0.1, 0.15) is 18.6 Å². The number of rotatable bonds is 6. The number of hydrogen-bond acceptors (Lipinski definition) is 4. The molecule has 18 heavy (non-hydrogen) atoms. The first-order chi connectivity index (χ1) is 8.52. The van der Waals surface area contributed by atoms with E-state index in [9.17, 15) is 14.3 Å². The van der Waals surface area contributed by atoms with Gasteiger partial charge in [0.25, 0.3) is 0 Å². The Morgan fingerprint density at radius 1 is 1.44 bits per heavy atom. The number of likely N-dealkylation sites (N-methyl/N-ethyl adjacent to an activating group) is 1. The van der Waals surface area contributed by atoms with E-state index in [-0.39, 0.29) is 24.9 Å². The number of esters is 1. The van der Waals surface area contributed by atoms with Crippen molar-refractivity contribution < 1.29 is 19.0 Å². The molecule has 0 saturated heterocycles. The number of ether oxygens (including phenoxy) is 1. The van der Waals surface area contributed by atoms with E-state index in [4.69, 9.17) is 4.74 Å². The molecule has 0 bridgehead atoms. The lowest BCUT2D eigenvalue weighted by Gasteiger charge is -2.19. The van der Waals surface area contributed by atoms with Crippen LogP contribution in [0.4, 0.5) is 4.39 Å². The maximum absolute atomic E-state index is 12.7. The van der Waals surface area contributed by atoms with Crippen molar-refractivity contribution in [2.75, 3.05) is 26.7 Å². The maximum Gasteiger partial charge on any atom is 0.320 e. The number of benzene rings is 1. The second-order valence-corrected chi connectivity index (χ2v) is 4.07. The van der Waals surface area contributed by atoms with E-state index in [1.165, 1.54) is 24.3 Å². The van der Waals surface area contributed by atoms with Crippen LogP contribution in [-0.2, 0) is 9.53 Å². The molecular formula is C13H18FNO3. The van der Waals surface area contributed by atoms with Crippen LogP contribution in [0.3, 0.4) is 0 Å². The Morgan fingerprint density at radius 3 is 2.61 bits per heavy atom. The predicted octanol–water partition coefficient (Wildman–Crippen LogP) is 1.35. The molecule has 1 unspecified atom stereocenters. The second kappa shape index (κ2) is 7.08. The first kappa shape index (κ1) is 14.6. The minimum atomic E-state index is -0.759. The van der Waals surface area contributed by atoms with Gasteiger partial charge in [-0.15, -0.1) is 0 Å². The molecule has 4 nitrogen and oxygen atoms in total. The van der Waals surface area contributed by atoms with Crippen LogP contribution in [-0.4, -0.2) is 42.7 Å². The van der Waals surface area contributed by atoms with Gasteiger partial charge in [0.1, 0.15) is 5.82 Å². The van der Waals surface area contributed by atoms with Crippen molar-refractivity contribution in [1.29, 1.82) is 0 Å². The van der Waals surface area contributed by atoms with Crippen LogP contribution in [0.2, 0.25) is 0 Å². The molecule has 0 aromatic heterocycles. The number of aliphatic hydroxyl groups excluding tert-OH is 1. The van der Waals surface area contributed by atoms with Gasteiger partial charge in [0, 0.05) is 6.54 Å². The topological polar surface area (TPSA) is 49.8 Å². The lowest BCUT2D eigenvalue weighted by atomic mass is 10.1. The average molecular weight is 255 g/mol. The van der Waals surface area contributed by atoms with Gasteiger partial charge >= 0.3 is 5.97 Å². The van der Waals surface area contributed by atoms with Gasteiger partial charge in [-0.05, 0) is 31.7 Å². The van der Waals surface area contributed by atoms with E-state index in [1.54, 1.807) is 18.9 Å². The molecule has 0 saturated carbocycles. The molecule has 5 heteroatoms. The van der Waals surface area contributed by atoms with E-state index in [1.807, 2.05) is 0 Å². The molecule has 0 radical (unpaired) electrons. The zero-order chi connectivity index (χ0) is 13.5. The van der Waals surface area contributed by atoms with Crippen molar-refractivity contribution in [3.05, 3.63) is 35.6 Å². The molecule has 0 aliphatic rings. The molecule has 100 valence electrons. The molecule has 0 aliphatic carbocycles. The molecule has 1 aromatic rings. The highest BCUT2D eigenvalue weighted by atomic mass is 19.1. The van der Waals surface area contributed by atoms with Gasteiger partial charge in [-0.1, -0.05) is 12.1 Å². The number of halogens is 1. The van der Waals surface area contributed by atoms with Gasteiger partial charge < -0.3 is 9.84 Å². The number of carbonyl (C=O) groups is 1. The van der Waals surface area contributed by atoms with Gasteiger partial charge in [0.2, 0.25) is 0 Å². The monoisotopic (exact) mass is 255 g/mol. The fourth-order valence-electron chi connectivity index (χ4n) is 1.58. The normalized spacial score (nSPS) is 12.5. The Labute approximate surface area is 106 Å². The van der Waals surface area contributed by atoms with Gasteiger partial charge in [-0.2, -0.15) is 0 Å². The van der Waals surface area contributed by atoms with E-state index in [0.29, 0.717) is 12.2 Å². The summed E-state index contributed by atoms with van der Waals surface area (Å²) < 4.78 is 17.5. The quantitative estimate of drug-likeness (QED) is 0.780. The maximum atomic E-state index is 12.7. The fourth-order valence-corrected chi connectivity index (χ4v) is 1.58. The van der Waals surface area contributed by atoms with Crippen molar-refractivity contribution in [1.82, 2.24) is 4.90 Å². The van der Waals surface area contributed by atoms with Crippen molar-refractivity contribution in [3.8, 4) is 0 Å². The van der Waals surface area contributed by atoms with Crippen LogP contribution in [0.5, 0.6) is 0 Å². The summed E-state index contributed by atoms with van der Waals surface area (Å²) in [5.41, 5.74) is 0.618. The summed E-state index contributed by atoms with van der Waals surface area (Å²) in [7, 11) is 1.71. The van der Waals surface area contributed by atoms with Crippen LogP contribution in [0, 0.1) is 5.82 Å². The smallest absolute Gasteiger partial charge is 0.320 e. The minimum Gasteiger partial charge on any atom is -0.465 e. The summed E-state index contributed by atoms with van der Waals surface area (Å²) in [5.74, 6) is -0.669. The summed E-state index contributed by atoms with van der Waals surface area (Å²) in [6, 6.07) is 5.64. The van der Waals surface area contributed by atoms with Gasteiger partial charge in [-0.3, -0.25) is 9.69 Å². The molecule has 1 aromatic carbocycles. The first-order valence-electron chi connectivity index (χ1n) is 5.80. The molecule has 1 rings (SSSR count). The standard InChI is InChI=1S/C13H18FNO3/c1-3-18-13(17)9-15(2)8-12(16)10-4-6-11(14)7-5-10/h4-7,12,16H,3,8-9H2,1-2H3. The van der Waals surface area contributed by atoms with Crippen LogP contribution in [0.25, 0.3) is 0 Å². The second-order valence-electron chi connectivity index (χ2n) is 4.07. The molecule has 0 aliphatic heterocycles. The number of hydrogen-bond donors (Lipinski definition) is 1. The number of aliphatic hydroxyl groups is 1. The van der Waals surface area contributed by atoms with E-state index in [0.717, 1.165) is 0 Å². The van der Waals surface area contributed by atoms with Crippen LogP contribution >= 0.6 is 0 Å². The van der Waals surface area contributed by atoms with Crippen LogP contribution < -0.4 is 0 Å². The minimum absolute atomic E-state index is 0.117. The summed E-state index contributed by atoms with van der Waals surface area (Å²) in [6.45, 7) is 2.48. The zero-order valence-corrected chi connectivity index (χ0v) is 10.6. The molecule has 0 fully saturated rings. The summed E-state index contributed by atoms with van der Waals surface area (Å²) in [6.07, 6.45) is -0.759. The van der Waals surface area contributed by atoms with E-state index < -0.39 is 6.10 Å². The fraction of sp³-hybridized carbons (Fsp3) is 0.462. The first-order valence-corrected chi connectivity index (χ1v) is 5.80. The molecular weight excluding hydrogens is 237 g/mol. The Kier molecular flexibility index (Phi) is 5.74. The third-order valence-electron chi connectivity index (χ3n) is 2.44. The molecule has 0 spiro atoms. The highest BCUT2D eigenvalue weighted by molar-refractivity contribution is 5.71. The Hall–Kier alpha value is -1.46. The van der Waals surface area contributed by atoms with E-state index in [2.05, 4.69) is 0 Å². The third kappa shape index (κ3) is 4.81. The average Bonchev–Trinajstić information content (AvgIpc) is 2.29. The van der Waals surface area contributed by atoms with Crippen molar-refractivity contribution in [2.24, 2.45) is 0 Å². The lowest BCUT2D eigenvalue weighted by molar-refractivity contribution is -0.144. The van der Waals surface area contributed by atoms with Gasteiger partial charge in [0.05, 0.1) is 19.3 Å². The molecule has 0 heterocycles. The zero-order valence-electron chi connectivity index (χ0n) is 10.6. The van der Waals surface area contributed by atoms with E-state index >= 15 is 0 Å². The molecule has 0 amide bonds. The summed E-state index contributed by atoms with van der Waals surface area (Å²) >= 11 is 0. The largest absolute Gasteiger partial charge is 0.465 e. The van der Waals surface area contributed by atoms with Crippen molar-refractivity contribution in [2.45, 2.75) is 13.0 Å². The Balaban J connectivity index is 2.46. The summed E-state index contributed by atoms with van der Waals surface area (Å²) in [5, 5.41) is 9.91. The van der Waals surface area contributed by atoms with Crippen molar-refractivity contribution >= 4 is 5.97 Å². The van der Waals surface area contributed by atoms with Crippen molar-refractivity contribution in [3.63, 3.8) is 0 Å². The predicted molar refractivity (Wildman–Crippen MR) is 65.5 cm³/mol. The SMILES string of the molecule is CCOC(=O)CN(C)CC(O)c1ccc(F)cc1. The number of nitrogens with zero attached hydrogens (tertiary/aromatic N) is 1. The van der Waals surface area contributed by atoms with Crippen LogP contribution in [0.15, 0.2) is 24.3 Å². The molecule has 1 atom stereocenters. The number of carbonyl (C=O) groups excluding carboxylic acids is 1. The lowest BCUT2D eigenvalue weighted by Crippen LogP contribution is -2.31. The highest BCUT2D eigenvalue weighted by Gasteiger charge is 2.13. The Bertz CT molecular complexity index is 380.